The Labute approximate surface area is 125 Å². The molecule has 0 aromatic heterocycles. The van der Waals surface area contributed by atoms with Gasteiger partial charge in [0.2, 0.25) is 11.7 Å². The van der Waals surface area contributed by atoms with Crippen LogP contribution in [0.1, 0.15) is 6.92 Å². The summed E-state index contributed by atoms with van der Waals surface area (Å²) in [6.45, 7) is 4.64. The molecular weight excluding hydrogens is 272 g/mol. The molecule has 2 rings (SSSR count). The maximum atomic E-state index is 11.4. The van der Waals surface area contributed by atoms with E-state index in [0.29, 0.717) is 17.2 Å². The number of methoxy groups -OCH3 is 3. The van der Waals surface area contributed by atoms with Gasteiger partial charge in [0.25, 0.3) is 0 Å². The van der Waals surface area contributed by atoms with Crippen molar-refractivity contribution >= 4 is 11.6 Å². The molecule has 0 aliphatic carbocycles. The normalized spacial score (nSPS) is 14.9. The maximum Gasteiger partial charge on any atom is 0.219 e. The Kier molecular flexibility index (Phi) is 4.77. The van der Waals surface area contributed by atoms with Gasteiger partial charge < -0.3 is 24.0 Å². The van der Waals surface area contributed by atoms with E-state index in [1.807, 2.05) is 17.0 Å². The van der Waals surface area contributed by atoms with Crippen LogP contribution in [0.3, 0.4) is 0 Å². The maximum absolute atomic E-state index is 11.4. The van der Waals surface area contributed by atoms with Crippen molar-refractivity contribution in [2.75, 3.05) is 52.4 Å². The fourth-order valence-corrected chi connectivity index (χ4v) is 2.53. The van der Waals surface area contributed by atoms with Crippen molar-refractivity contribution in [1.82, 2.24) is 4.90 Å². The fourth-order valence-electron chi connectivity index (χ4n) is 2.53. The van der Waals surface area contributed by atoms with Crippen LogP contribution in [0.25, 0.3) is 0 Å². The summed E-state index contributed by atoms with van der Waals surface area (Å²) in [5.41, 5.74) is 1.01. The lowest BCUT2D eigenvalue weighted by atomic mass is 10.2. The minimum Gasteiger partial charge on any atom is -0.493 e. The number of amides is 1. The van der Waals surface area contributed by atoms with Gasteiger partial charge in [-0.25, -0.2) is 0 Å². The number of carbonyl (C=O) groups excluding carboxylic acids is 1. The summed E-state index contributed by atoms with van der Waals surface area (Å²) >= 11 is 0. The summed E-state index contributed by atoms with van der Waals surface area (Å²) < 4.78 is 16.1. The summed E-state index contributed by atoms with van der Waals surface area (Å²) in [6, 6.07) is 3.87. The molecular formula is C15H22N2O4. The first-order valence-corrected chi connectivity index (χ1v) is 6.91. The molecule has 0 N–H and O–H groups in total. The fraction of sp³-hybridized carbons (Fsp3) is 0.533. The standard InChI is InChI=1S/C15H22N2O4/c1-11(18)16-5-7-17(8-6-16)12-9-13(19-2)15(21-4)14(10-12)20-3/h9-10H,5-8H2,1-4H3. The minimum absolute atomic E-state index is 0.125. The topological polar surface area (TPSA) is 51.2 Å². The number of hydrogen-bond acceptors (Lipinski definition) is 5. The number of rotatable bonds is 4. The molecule has 0 saturated carbocycles. The van der Waals surface area contributed by atoms with Crippen molar-refractivity contribution in [2.45, 2.75) is 6.92 Å². The second kappa shape index (κ2) is 6.56. The lowest BCUT2D eigenvalue weighted by Crippen LogP contribution is -2.48. The molecule has 1 fully saturated rings. The van der Waals surface area contributed by atoms with Gasteiger partial charge in [0, 0.05) is 50.9 Å². The van der Waals surface area contributed by atoms with Gasteiger partial charge in [0.05, 0.1) is 21.3 Å². The number of hydrogen-bond donors (Lipinski definition) is 0. The van der Waals surface area contributed by atoms with Gasteiger partial charge in [0.15, 0.2) is 11.5 Å². The van der Waals surface area contributed by atoms with Crippen LogP contribution in [0, 0.1) is 0 Å². The van der Waals surface area contributed by atoms with Gasteiger partial charge in [-0.05, 0) is 0 Å². The highest BCUT2D eigenvalue weighted by atomic mass is 16.5. The van der Waals surface area contributed by atoms with Crippen LogP contribution >= 0.6 is 0 Å². The van der Waals surface area contributed by atoms with Crippen molar-refractivity contribution in [3.05, 3.63) is 12.1 Å². The molecule has 0 spiro atoms. The number of carbonyl (C=O) groups is 1. The quantitative estimate of drug-likeness (QED) is 0.840. The van der Waals surface area contributed by atoms with Crippen molar-refractivity contribution in [1.29, 1.82) is 0 Å². The third-order valence-electron chi connectivity index (χ3n) is 3.74. The molecule has 1 amide bonds. The zero-order valence-corrected chi connectivity index (χ0v) is 13.0. The second-order valence-electron chi connectivity index (χ2n) is 4.88. The van der Waals surface area contributed by atoms with E-state index in [1.54, 1.807) is 28.3 Å². The van der Waals surface area contributed by atoms with Gasteiger partial charge >= 0.3 is 0 Å². The summed E-state index contributed by atoms with van der Waals surface area (Å²) in [5.74, 6) is 1.99. The highest BCUT2D eigenvalue weighted by Gasteiger charge is 2.21. The van der Waals surface area contributed by atoms with Crippen LogP contribution in [0.15, 0.2) is 12.1 Å². The van der Waals surface area contributed by atoms with Crippen molar-refractivity contribution in [2.24, 2.45) is 0 Å². The first-order valence-electron chi connectivity index (χ1n) is 6.91. The highest BCUT2D eigenvalue weighted by Crippen LogP contribution is 2.41. The van der Waals surface area contributed by atoms with Gasteiger partial charge in [0.1, 0.15) is 0 Å². The van der Waals surface area contributed by atoms with Gasteiger partial charge in [-0.2, -0.15) is 0 Å². The molecule has 0 atom stereocenters. The lowest BCUT2D eigenvalue weighted by molar-refractivity contribution is -0.129. The first-order chi connectivity index (χ1) is 10.1. The molecule has 1 aromatic carbocycles. The van der Waals surface area contributed by atoms with E-state index in [-0.39, 0.29) is 5.91 Å². The molecule has 0 radical (unpaired) electrons. The predicted octanol–water partition coefficient (Wildman–Crippen LogP) is 1.38. The number of anilines is 1. The number of benzene rings is 1. The largest absolute Gasteiger partial charge is 0.493 e. The Morgan fingerprint density at radius 2 is 1.48 bits per heavy atom. The van der Waals surface area contributed by atoms with Crippen molar-refractivity contribution in [3.63, 3.8) is 0 Å². The van der Waals surface area contributed by atoms with Crippen LogP contribution < -0.4 is 19.1 Å². The molecule has 21 heavy (non-hydrogen) atoms. The average molecular weight is 294 g/mol. The number of nitrogens with zero attached hydrogens (tertiary/aromatic N) is 2. The van der Waals surface area contributed by atoms with Crippen LogP contribution in [-0.2, 0) is 4.79 Å². The van der Waals surface area contributed by atoms with Gasteiger partial charge in [-0.15, -0.1) is 0 Å². The number of piperazine rings is 1. The Morgan fingerprint density at radius 1 is 0.952 bits per heavy atom. The van der Waals surface area contributed by atoms with E-state index in [1.165, 1.54) is 0 Å². The SMILES string of the molecule is COc1cc(N2CCN(C(C)=O)CC2)cc(OC)c1OC. The third kappa shape index (κ3) is 3.15. The van der Waals surface area contributed by atoms with E-state index >= 15 is 0 Å². The van der Waals surface area contributed by atoms with Crippen molar-refractivity contribution < 1.29 is 19.0 Å². The molecule has 1 aromatic rings. The van der Waals surface area contributed by atoms with E-state index in [0.717, 1.165) is 31.9 Å². The zero-order valence-electron chi connectivity index (χ0n) is 13.0. The van der Waals surface area contributed by atoms with Crippen molar-refractivity contribution in [3.8, 4) is 17.2 Å². The van der Waals surface area contributed by atoms with Crippen LogP contribution in [-0.4, -0.2) is 58.3 Å². The third-order valence-corrected chi connectivity index (χ3v) is 3.74. The van der Waals surface area contributed by atoms with E-state index in [9.17, 15) is 4.79 Å². The minimum atomic E-state index is 0.125. The molecule has 6 nitrogen and oxygen atoms in total. The predicted molar refractivity (Wildman–Crippen MR) is 80.6 cm³/mol. The van der Waals surface area contributed by atoms with E-state index < -0.39 is 0 Å². The Hall–Kier alpha value is -2.11. The molecule has 1 saturated heterocycles. The smallest absolute Gasteiger partial charge is 0.219 e. The molecule has 1 aliphatic heterocycles. The molecule has 116 valence electrons. The summed E-state index contributed by atoms with van der Waals surface area (Å²) in [5, 5.41) is 0. The van der Waals surface area contributed by atoms with E-state index in [2.05, 4.69) is 4.90 Å². The molecule has 6 heteroatoms. The lowest BCUT2D eigenvalue weighted by Gasteiger charge is -2.36. The van der Waals surface area contributed by atoms with Gasteiger partial charge in [-0.3, -0.25) is 4.79 Å². The Bertz CT molecular complexity index is 485. The Morgan fingerprint density at radius 3 is 1.86 bits per heavy atom. The Balaban J connectivity index is 2.23. The second-order valence-corrected chi connectivity index (χ2v) is 4.88. The molecule has 0 unspecified atom stereocenters. The summed E-state index contributed by atoms with van der Waals surface area (Å²) in [7, 11) is 4.80. The molecule has 1 heterocycles. The highest BCUT2D eigenvalue weighted by molar-refractivity contribution is 5.73. The first kappa shape index (κ1) is 15.3. The van der Waals surface area contributed by atoms with E-state index in [4.69, 9.17) is 14.2 Å². The average Bonchev–Trinajstić information content (AvgIpc) is 2.53. The summed E-state index contributed by atoms with van der Waals surface area (Å²) in [4.78, 5) is 15.4. The molecule has 0 bridgehead atoms. The van der Waals surface area contributed by atoms with Gasteiger partial charge in [-0.1, -0.05) is 0 Å². The van der Waals surface area contributed by atoms with Crippen LogP contribution in [0.5, 0.6) is 17.2 Å². The number of ether oxygens (including phenoxy) is 3. The van der Waals surface area contributed by atoms with Crippen LogP contribution in [0.2, 0.25) is 0 Å². The molecule has 1 aliphatic rings. The monoisotopic (exact) mass is 294 g/mol. The van der Waals surface area contributed by atoms with Crippen LogP contribution in [0.4, 0.5) is 5.69 Å². The zero-order chi connectivity index (χ0) is 15.4. The summed E-state index contributed by atoms with van der Waals surface area (Å²) in [6.07, 6.45) is 0.